The van der Waals surface area contributed by atoms with Gasteiger partial charge in [-0.15, -0.1) is 0 Å². The van der Waals surface area contributed by atoms with E-state index in [1.54, 1.807) is 24.4 Å². The third kappa shape index (κ3) is 4.20. The molecule has 5 heteroatoms. The normalized spacial score (nSPS) is 10.2. The van der Waals surface area contributed by atoms with Crippen molar-refractivity contribution in [2.24, 2.45) is 0 Å². The van der Waals surface area contributed by atoms with Crippen molar-refractivity contribution in [2.75, 3.05) is 17.2 Å². The number of aryl methyl sites for hydroxylation is 1. The summed E-state index contributed by atoms with van der Waals surface area (Å²) >= 11 is 6.01. The predicted octanol–water partition coefficient (Wildman–Crippen LogP) is 4.12. The van der Waals surface area contributed by atoms with Crippen LogP contribution in [0.4, 0.5) is 11.4 Å². The molecule has 0 aliphatic carbocycles. The first-order valence-corrected chi connectivity index (χ1v) is 7.25. The lowest BCUT2D eigenvalue weighted by Crippen LogP contribution is -2.15. The zero-order chi connectivity index (χ0) is 15.2. The van der Waals surface area contributed by atoms with Crippen LogP contribution in [0.15, 0.2) is 36.5 Å². The largest absolute Gasteiger partial charge is 0.384 e. The van der Waals surface area contributed by atoms with Gasteiger partial charge < -0.3 is 10.6 Å². The zero-order valence-corrected chi connectivity index (χ0v) is 12.9. The van der Waals surface area contributed by atoms with Crippen LogP contribution >= 0.6 is 11.6 Å². The lowest BCUT2D eigenvalue weighted by atomic mass is 10.1. The Bertz CT molecular complexity index is 643. The van der Waals surface area contributed by atoms with Crippen molar-refractivity contribution >= 4 is 28.9 Å². The Morgan fingerprint density at radius 2 is 2.10 bits per heavy atom. The van der Waals surface area contributed by atoms with E-state index in [0.29, 0.717) is 16.3 Å². The molecule has 0 atom stereocenters. The van der Waals surface area contributed by atoms with Gasteiger partial charge in [-0.1, -0.05) is 18.5 Å². The highest BCUT2D eigenvalue weighted by atomic mass is 35.5. The SMILES string of the molecule is CCCNc1ccc(Cl)cc1C(=O)Nc1ccnc(C)c1. The Morgan fingerprint density at radius 3 is 2.81 bits per heavy atom. The Labute approximate surface area is 129 Å². The molecule has 2 rings (SSSR count). The summed E-state index contributed by atoms with van der Waals surface area (Å²) in [6, 6.07) is 8.84. The van der Waals surface area contributed by atoms with Crippen LogP contribution in [0.5, 0.6) is 0 Å². The van der Waals surface area contributed by atoms with Gasteiger partial charge in [-0.3, -0.25) is 9.78 Å². The van der Waals surface area contributed by atoms with Gasteiger partial charge in [0.25, 0.3) is 5.91 Å². The minimum absolute atomic E-state index is 0.193. The number of aromatic nitrogens is 1. The number of pyridine rings is 1. The number of carbonyl (C=O) groups is 1. The van der Waals surface area contributed by atoms with E-state index in [4.69, 9.17) is 11.6 Å². The summed E-state index contributed by atoms with van der Waals surface area (Å²) in [6.07, 6.45) is 2.65. The highest BCUT2D eigenvalue weighted by Crippen LogP contribution is 2.22. The summed E-state index contributed by atoms with van der Waals surface area (Å²) in [5.41, 5.74) is 2.88. The average Bonchev–Trinajstić information content (AvgIpc) is 2.46. The number of nitrogens with zero attached hydrogens (tertiary/aromatic N) is 1. The molecule has 0 unspecified atom stereocenters. The minimum Gasteiger partial charge on any atom is -0.384 e. The fourth-order valence-electron chi connectivity index (χ4n) is 1.94. The summed E-state index contributed by atoms with van der Waals surface area (Å²) in [4.78, 5) is 16.5. The molecule has 0 aliphatic rings. The number of benzene rings is 1. The fourth-order valence-corrected chi connectivity index (χ4v) is 2.11. The van der Waals surface area contributed by atoms with Crippen LogP contribution in [0, 0.1) is 6.92 Å². The van der Waals surface area contributed by atoms with Crippen molar-refractivity contribution in [3.8, 4) is 0 Å². The molecular formula is C16H18ClN3O. The maximum absolute atomic E-state index is 12.4. The van der Waals surface area contributed by atoms with Crippen molar-refractivity contribution in [1.29, 1.82) is 0 Å². The van der Waals surface area contributed by atoms with Gasteiger partial charge in [-0.05, 0) is 43.7 Å². The van der Waals surface area contributed by atoms with E-state index >= 15 is 0 Å². The molecule has 0 saturated carbocycles. The number of halogens is 1. The maximum Gasteiger partial charge on any atom is 0.257 e. The molecule has 2 N–H and O–H groups in total. The smallest absolute Gasteiger partial charge is 0.257 e. The Kier molecular flexibility index (Phi) is 5.17. The van der Waals surface area contributed by atoms with E-state index < -0.39 is 0 Å². The van der Waals surface area contributed by atoms with Crippen molar-refractivity contribution in [3.63, 3.8) is 0 Å². The molecule has 1 aromatic carbocycles. The van der Waals surface area contributed by atoms with Gasteiger partial charge in [0.05, 0.1) is 5.56 Å². The first-order valence-electron chi connectivity index (χ1n) is 6.87. The number of anilines is 2. The summed E-state index contributed by atoms with van der Waals surface area (Å²) in [5.74, 6) is -0.193. The van der Waals surface area contributed by atoms with Gasteiger partial charge in [-0.25, -0.2) is 0 Å². The minimum atomic E-state index is -0.193. The topological polar surface area (TPSA) is 54.0 Å². The number of carbonyl (C=O) groups excluding carboxylic acids is 1. The van der Waals surface area contributed by atoms with Gasteiger partial charge in [0.1, 0.15) is 0 Å². The maximum atomic E-state index is 12.4. The monoisotopic (exact) mass is 303 g/mol. The Balaban J connectivity index is 2.23. The second kappa shape index (κ2) is 7.09. The van der Waals surface area contributed by atoms with Crippen LogP contribution in [0.2, 0.25) is 5.02 Å². The van der Waals surface area contributed by atoms with Crippen LogP contribution in [0.1, 0.15) is 29.4 Å². The van der Waals surface area contributed by atoms with E-state index in [0.717, 1.165) is 24.3 Å². The summed E-state index contributed by atoms with van der Waals surface area (Å²) in [6.45, 7) is 4.75. The fraction of sp³-hybridized carbons (Fsp3) is 0.250. The van der Waals surface area contributed by atoms with E-state index in [1.165, 1.54) is 0 Å². The second-order valence-electron chi connectivity index (χ2n) is 4.76. The van der Waals surface area contributed by atoms with Gasteiger partial charge in [-0.2, -0.15) is 0 Å². The Morgan fingerprint density at radius 1 is 1.29 bits per heavy atom. The molecule has 0 bridgehead atoms. The lowest BCUT2D eigenvalue weighted by Gasteiger charge is -2.12. The van der Waals surface area contributed by atoms with Crippen LogP contribution in [-0.4, -0.2) is 17.4 Å². The van der Waals surface area contributed by atoms with Gasteiger partial charge in [0, 0.05) is 34.8 Å². The number of hydrogen-bond donors (Lipinski definition) is 2. The summed E-state index contributed by atoms with van der Waals surface area (Å²) < 4.78 is 0. The molecule has 4 nitrogen and oxygen atoms in total. The molecule has 1 amide bonds. The van der Waals surface area contributed by atoms with Crippen LogP contribution in [0.25, 0.3) is 0 Å². The number of rotatable bonds is 5. The summed E-state index contributed by atoms with van der Waals surface area (Å²) in [7, 11) is 0. The van der Waals surface area contributed by atoms with Crippen LogP contribution in [0.3, 0.4) is 0 Å². The van der Waals surface area contributed by atoms with Crippen LogP contribution in [-0.2, 0) is 0 Å². The molecule has 0 fully saturated rings. The molecule has 0 spiro atoms. The molecule has 1 heterocycles. The molecule has 1 aromatic heterocycles. The van der Waals surface area contributed by atoms with E-state index in [9.17, 15) is 4.79 Å². The van der Waals surface area contributed by atoms with Crippen molar-refractivity contribution in [2.45, 2.75) is 20.3 Å². The zero-order valence-electron chi connectivity index (χ0n) is 12.1. The predicted molar refractivity (Wildman–Crippen MR) is 87.2 cm³/mol. The quantitative estimate of drug-likeness (QED) is 0.873. The van der Waals surface area contributed by atoms with E-state index in [2.05, 4.69) is 22.5 Å². The van der Waals surface area contributed by atoms with Crippen molar-refractivity contribution in [1.82, 2.24) is 4.98 Å². The lowest BCUT2D eigenvalue weighted by molar-refractivity contribution is 0.102. The molecule has 0 aliphatic heterocycles. The second-order valence-corrected chi connectivity index (χ2v) is 5.19. The third-order valence-corrected chi connectivity index (χ3v) is 3.18. The molecular weight excluding hydrogens is 286 g/mol. The van der Waals surface area contributed by atoms with Gasteiger partial charge >= 0.3 is 0 Å². The number of hydrogen-bond acceptors (Lipinski definition) is 3. The van der Waals surface area contributed by atoms with Gasteiger partial charge in [0.15, 0.2) is 0 Å². The highest BCUT2D eigenvalue weighted by Gasteiger charge is 2.12. The molecule has 2 aromatic rings. The first-order chi connectivity index (χ1) is 10.1. The third-order valence-electron chi connectivity index (χ3n) is 2.95. The van der Waals surface area contributed by atoms with Gasteiger partial charge in [0.2, 0.25) is 0 Å². The first kappa shape index (κ1) is 15.3. The number of nitrogens with one attached hydrogen (secondary N) is 2. The van der Waals surface area contributed by atoms with E-state index in [-0.39, 0.29) is 5.91 Å². The molecule has 0 radical (unpaired) electrons. The van der Waals surface area contributed by atoms with E-state index in [1.807, 2.05) is 19.1 Å². The van der Waals surface area contributed by atoms with Crippen molar-refractivity contribution in [3.05, 3.63) is 52.8 Å². The van der Waals surface area contributed by atoms with Crippen molar-refractivity contribution < 1.29 is 4.79 Å². The van der Waals surface area contributed by atoms with Crippen LogP contribution < -0.4 is 10.6 Å². The Hall–Kier alpha value is -2.07. The average molecular weight is 304 g/mol. The molecule has 0 saturated heterocycles. The molecule has 21 heavy (non-hydrogen) atoms. The molecule has 110 valence electrons. The number of amides is 1. The highest BCUT2D eigenvalue weighted by molar-refractivity contribution is 6.31. The summed E-state index contributed by atoms with van der Waals surface area (Å²) in [5, 5.41) is 6.64. The standard InChI is InChI=1S/C16H18ClN3O/c1-3-7-19-15-5-4-12(17)10-14(15)16(21)20-13-6-8-18-11(2)9-13/h4-6,8-10,19H,3,7H2,1-2H3,(H,18,20,21).